The molecule has 0 amide bonds. The number of rotatable bonds is 6. The molecule has 100 valence electrons. The van der Waals surface area contributed by atoms with Gasteiger partial charge < -0.3 is 14.2 Å². The van der Waals surface area contributed by atoms with Crippen LogP contribution >= 0.6 is 0 Å². The summed E-state index contributed by atoms with van der Waals surface area (Å²) in [7, 11) is 4.63. The molecule has 0 fully saturated rings. The number of benzene rings is 1. The van der Waals surface area contributed by atoms with Crippen LogP contribution in [0.1, 0.15) is 18.9 Å². The molecular formula is C14H20O4. The third-order valence-corrected chi connectivity index (χ3v) is 2.77. The van der Waals surface area contributed by atoms with Crippen LogP contribution in [0.5, 0.6) is 11.5 Å². The second-order valence-electron chi connectivity index (χ2n) is 4.28. The lowest BCUT2D eigenvalue weighted by Gasteiger charge is -2.12. The van der Waals surface area contributed by atoms with E-state index >= 15 is 0 Å². The van der Waals surface area contributed by atoms with Crippen molar-refractivity contribution in [3.05, 3.63) is 23.8 Å². The van der Waals surface area contributed by atoms with Crippen molar-refractivity contribution < 1.29 is 19.0 Å². The van der Waals surface area contributed by atoms with E-state index in [0.717, 1.165) is 12.0 Å². The van der Waals surface area contributed by atoms with Gasteiger partial charge in [0.15, 0.2) is 11.5 Å². The maximum Gasteiger partial charge on any atom is 0.305 e. The SMILES string of the molecule is COC(=O)C[C@H](C)Cc1ccc(OC)c(OC)c1. The third kappa shape index (κ3) is 3.95. The topological polar surface area (TPSA) is 44.8 Å². The summed E-state index contributed by atoms with van der Waals surface area (Å²) in [5, 5.41) is 0. The molecular weight excluding hydrogens is 232 g/mol. The zero-order valence-corrected chi connectivity index (χ0v) is 11.4. The lowest BCUT2D eigenvalue weighted by Crippen LogP contribution is -2.09. The molecule has 0 unspecified atom stereocenters. The van der Waals surface area contributed by atoms with E-state index in [4.69, 9.17) is 9.47 Å². The van der Waals surface area contributed by atoms with Gasteiger partial charge in [0.2, 0.25) is 0 Å². The summed E-state index contributed by atoms with van der Waals surface area (Å²) >= 11 is 0. The molecule has 1 aromatic carbocycles. The number of esters is 1. The van der Waals surface area contributed by atoms with Gasteiger partial charge in [0.05, 0.1) is 21.3 Å². The van der Waals surface area contributed by atoms with E-state index in [0.29, 0.717) is 17.9 Å². The van der Waals surface area contributed by atoms with Crippen LogP contribution < -0.4 is 9.47 Å². The van der Waals surface area contributed by atoms with Crippen molar-refractivity contribution in [2.45, 2.75) is 19.8 Å². The van der Waals surface area contributed by atoms with Gasteiger partial charge in [0.25, 0.3) is 0 Å². The zero-order valence-electron chi connectivity index (χ0n) is 11.4. The van der Waals surface area contributed by atoms with E-state index in [1.807, 2.05) is 25.1 Å². The molecule has 0 N–H and O–H groups in total. The average Bonchev–Trinajstić information content (AvgIpc) is 2.38. The Morgan fingerprint density at radius 1 is 1.17 bits per heavy atom. The second-order valence-corrected chi connectivity index (χ2v) is 4.28. The number of methoxy groups -OCH3 is 3. The summed E-state index contributed by atoms with van der Waals surface area (Å²) in [6.45, 7) is 2.02. The summed E-state index contributed by atoms with van der Waals surface area (Å²) in [5.41, 5.74) is 1.11. The first kappa shape index (κ1) is 14.4. The Morgan fingerprint density at radius 2 is 1.83 bits per heavy atom. The maximum absolute atomic E-state index is 11.2. The van der Waals surface area contributed by atoms with Crippen LogP contribution in [0.25, 0.3) is 0 Å². The number of hydrogen-bond donors (Lipinski definition) is 0. The van der Waals surface area contributed by atoms with E-state index in [2.05, 4.69) is 4.74 Å². The normalized spacial score (nSPS) is 11.8. The Labute approximate surface area is 108 Å². The highest BCUT2D eigenvalue weighted by Gasteiger charge is 2.11. The van der Waals surface area contributed by atoms with Crippen LogP contribution in [0.3, 0.4) is 0 Å². The predicted octanol–water partition coefficient (Wildman–Crippen LogP) is 2.45. The predicted molar refractivity (Wildman–Crippen MR) is 69.0 cm³/mol. The molecule has 0 radical (unpaired) electrons. The zero-order chi connectivity index (χ0) is 13.5. The number of carbonyl (C=O) groups is 1. The second kappa shape index (κ2) is 6.89. The Hall–Kier alpha value is -1.71. The quantitative estimate of drug-likeness (QED) is 0.729. The minimum absolute atomic E-state index is 0.178. The van der Waals surface area contributed by atoms with Gasteiger partial charge in [-0.1, -0.05) is 13.0 Å². The van der Waals surface area contributed by atoms with Crippen molar-refractivity contribution in [1.82, 2.24) is 0 Å². The van der Waals surface area contributed by atoms with Gasteiger partial charge in [-0.25, -0.2) is 0 Å². The highest BCUT2D eigenvalue weighted by Crippen LogP contribution is 2.28. The number of carbonyl (C=O) groups excluding carboxylic acids is 1. The van der Waals surface area contributed by atoms with Gasteiger partial charge in [-0.2, -0.15) is 0 Å². The van der Waals surface area contributed by atoms with Crippen molar-refractivity contribution in [3.8, 4) is 11.5 Å². The molecule has 18 heavy (non-hydrogen) atoms. The van der Waals surface area contributed by atoms with E-state index < -0.39 is 0 Å². The molecule has 1 rings (SSSR count). The van der Waals surface area contributed by atoms with Crippen molar-refractivity contribution in [2.75, 3.05) is 21.3 Å². The minimum Gasteiger partial charge on any atom is -0.493 e. The van der Waals surface area contributed by atoms with Gasteiger partial charge in [0, 0.05) is 6.42 Å². The Kier molecular flexibility index (Phi) is 5.49. The van der Waals surface area contributed by atoms with Crippen LogP contribution in [-0.2, 0) is 16.0 Å². The van der Waals surface area contributed by atoms with Crippen LogP contribution in [0.4, 0.5) is 0 Å². The fourth-order valence-corrected chi connectivity index (χ4v) is 1.85. The van der Waals surface area contributed by atoms with E-state index in [-0.39, 0.29) is 11.9 Å². The molecule has 0 saturated heterocycles. The molecule has 1 atom stereocenters. The molecule has 0 aliphatic carbocycles. The number of ether oxygens (including phenoxy) is 3. The fourth-order valence-electron chi connectivity index (χ4n) is 1.85. The Balaban J connectivity index is 2.70. The molecule has 0 aliphatic rings. The van der Waals surface area contributed by atoms with Gasteiger partial charge in [-0.3, -0.25) is 4.79 Å². The largest absolute Gasteiger partial charge is 0.493 e. The van der Waals surface area contributed by atoms with Gasteiger partial charge >= 0.3 is 5.97 Å². The lowest BCUT2D eigenvalue weighted by atomic mass is 9.98. The van der Waals surface area contributed by atoms with E-state index in [1.165, 1.54) is 7.11 Å². The van der Waals surface area contributed by atoms with Crippen molar-refractivity contribution in [2.24, 2.45) is 5.92 Å². The van der Waals surface area contributed by atoms with Crippen molar-refractivity contribution >= 4 is 5.97 Å². The third-order valence-electron chi connectivity index (χ3n) is 2.77. The molecule has 4 nitrogen and oxygen atoms in total. The Morgan fingerprint density at radius 3 is 2.39 bits per heavy atom. The summed E-state index contributed by atoms with van der Waals surface area (Å²) in [5.74, 6) is 1.47. The summed E-state index contributed by atoms with van der Waals surface area (Å²) < 4.78 is 15.1. The molecule has 0 heterocycles. The van der Waals surface area contributed by atoms with Gasteiger partial charge in [-0.05, 0) is 30.0 Å². The smallest absolute Gasteiger partial charge is 0.305 e. The van der Waals surface area contributed by atoms with Gasteiger partial charge in [-0.15, -0.1) is 0 Å². The number of hydrogen-bond acceptors (Lipinski definition) is 4. The van der Waals surface area contributed by atoms with E-state index in [9.17, 15) is 4.79 Å². The standard InChI is InChI=1S/C14H20O4/c1-10(8-14(15)18-4)7-11-5-6-12(16-2)13(9-11)17-3/h5-6,9-10H,7-8H2,1-4H3/t10-/m1/s1. The molecule has 1 aromatic rings. The lowest BCUT2D eigenvalue weighted by molar-refractivity contribution is -0.141. The molecule has 0 bridgehead atoms. The highest BCUT2D eigenvalue weighted by atomic mass is 16.5. The van der Waals surface area contributed by atoms with Gasteiger partial charge in [0.1, 0.15) is 0 Å². The van der Waals surface area contributed by atoms with Crippen molar-refractivity contribution in [1.29, 1.82) is 0 Å². The molecule has 0 aliphatic heterocycles. The fraction of sp³-hybridized carbons (Fsp3) is 0.500. The first-order chi connectivity index (χ1) is 8.60. The minimum atomic E-state index is -0.178. The van der Waals surface area contributed by atoms with Crippen LogP contribution in [0.2, 0.25) is 0 Å². The highest BCUT2D eigenvalue weighted by molar-refractivity contribution is 5.69. The monoisotopic (exact) mass is 252 g/mol. The molecule has 0 spiro atoms. The van der Waals surface area contributed by atoms with Crippen LogP contribution in [-0.4, -0.2) is 27.3 Å². The summed E-state index contributed by atoms with van der Waals surface area (Å²) in [4.78, 5) is 11.2. The molecule has 0 saturated carbocycles. The van der Waals surface area contributed by atoms with E-state index in [1.54, 1.807) is 14.2 Å². The first-order valence-corrected chi connectivity index (χ1v) is 5.88. The Bertz CT molecular complexity index is 401. The summed E-state index contributed by atoms with van der Waals surface area (Å²) in [6.07, 6.45) is 1.22. The average molecular weight is 252 g/mol. The summed E-state index contributed by atoms with van der Waals surface area (Å²) in [6, 6.07) is 5.79. The van der Waals surface area contributed by atoms with Crippen molar-refractivity contribution in [3.63, 3.8) is 0 Å². The van der Waals surface area contributed by atoms with Crippen LogP contribution in [0, 0.1) is 5.92 Å². The maximum atomic E-state index is 11.2. The molecule has 4 heteroatoms. The van der Waals surface area contributed by atoms with Crippen LogP contribution in [0.15, 0.2) is 18.2 Å². The molecule has 0 aromatic heterocycles. The first-order valence-electron chi connectivity index (χ1n) is 5.88.